The second-order valence-electron chi connectivity index (χ2n) is 4.82. The highest BCUT2D eigenvalue weighted by molar-refractivity contribution is 7.98. The number of nitrogens with two attached hydrogens (primary N) is 1. The zero-order valence-corrected chi connectivity index (χ0v) is 12.9. The molecule has 0 aliphatic carbocycles. The lowest BCUT2D eigenvalue weighted by atomic mass is 10.2. The summed E-state index contributed by atoms with van der Waals surface area (Å²) in [6.07, 6.45) is 4.08. The number of hydrogen-bond donors (Lipinski definition) is 1. The number of thioether (sulfide) groups is 1. The first-order valence-corrected chi connectivity index (χ1v) is 9.30. The zero-order valence-electron chi connectivity index (χ0n) is 11.3. The van der Waals surface area contributed by atoms with Gasteiger partial charge in [0.1, 0.15) is 0 Å². The van der Waals surface area contributed by atoms with E-state index in [1.807, 2.05) is 11.2 Å². The van der Waals surface area contributed by atoms with Gasteiger partial charge in [0.2, 0.25) is 10.0 Å². The Morgan fingerprint density at radius 3 is 2.60 bits per heavy atom. The Balaban J connectivity index is 2.17. The third-order valence-corrected chi connectivity index (χ3v) is 5.07. The van der Waals surface area contributed by atoms with Gasteiger partial charge in [0.05, 0.1) is 4.90 Å². The van der Waals surface area contributed by atoms with Crippen LogP contribution < -0.4 is 5.14 Å². The van der Waals surface area contributed by atoms with Crippen LogP contribution in [-0.4, -0.2) is 43.8 Å². The van der Waals surface area contributed by atoms with Crippen LogP contribution in [0.3, 0.4) is 0 Å². The molecule has 2 N–H and O–H groups in total. The number of likely N-dealkylation sites (tertiary alicyclic amines) is 1. The minimum Gasteiger partial charge on any atom is -0.335 e. The highest BCUT2D eigenvalue weighted by Crippen LogP contribution is 2.23. The topological polar surface area (TPSA) is 80.5 Å². The molecule has 0 saturated carbocycles. The van der Waals surface area contributed by atoms with E-state index in [9.17, 15) is 13.2 Å². The number of hydrogen-bond acceptors (Lipinski definition) is 4. The molecule has 1 aliphatic rings. The van der Waals surface area contributed by atoms with Gasteiger partial charge in [-0.3, -0.25) is 4.79 Å². The number of nitrogens with zero attached hydrogens (tertiary/aromatic N) is 1. The van der Waals surface area contributed by atoms with Crippen molar-refractivity contribution >= 4 is 27.7 Å². The summed E-state index contributed by atoms with van der Waals surface area (Å²) in [5.74, 6) is 0.892. The van der Waals surface area contributed by atoms with Crippen molar-refractivity contribution in [1.29, 1.82) is 0 Å². The average Bonchev–Trinajstić information content (AvgIpc) is 2.86. The molecule has 110 valence electrons. The molecule has 1 heterocycles. The van der Waals surface area contributed by atoms with E-state index in [1.165, 1.54) is 24.3 Å². The van der Waals surface area contributed by atoms with Crippen LogP contribution in [0, 0.1) is 0 Å². The Morgan fingerprint density at radius 2 is 2.05 bits per heavy atom. The van der Waals surface area contributed by atoms with E-state index in [-0.39, 0.29) is 16.8 Å². The van der Waals surface area contributed by atoms with Crippen molar-refractivity contribution in [2.75, 3.05) is 18.6 Å². The summed E-state index contributed by atoms with van der Waals surface area (Å²) < 4.78 is 22.4. The Morgan fingerprint density at radius 1 is 1.40 bits per heavy atom. The number of rotatable bonds is 4. The molecule has 1 aliphatic heterocycles. The van der Waals surface area contributed by atoms with E-state index in [0.717, 1.165) is 25.1 Å². The van der Waals surface area contributed by atoms with Gasteiger partial charge >= 0.3 is 0 Å². The molecule has 5 nitrogen and oxygen atoms in total. The van der Waals surface area contributed by atoms with Gasteiger partial charge in [-0.15, -0.1) is 0 Å². The first-order chi connectivity index (χ1) is 9.43. The first kappa shape index (κ1) is 15.3. The van der Waals surface area contributed by atoms with Gasteiger partial charge in [0, 0.05) is 23.9 Å². The summed E-state index contributed by atoms with van der Waals surface area (Å²) in [6, 6.07) is 6.08. The van der Waals surface area contributed by atoms with Crippen LogP contribution in [-0.2, 0) is 10.0 Å². The van der Waals surface area contributed by atoms with Gasteiger partial charge in [0.25, 0.3) is 5.91 Å². The normalized spacial score (nSPS) is 19.3. The van der Waals surface area contributed by atoms with Crippen molar-refractivity contribution in [2.24, 2.45) is 5.14 Å². The summed E-state index contributed by atoms with van der Waals surface area (Å²) in [7, 11) is -3.71. The van der Waals surface area contributed by atoms with Crippen molar-refractivity contribution < 1.29 is 13.2 Å². The summed E-state index contributed by atoms with van der Waals surface area (Å²) in [4.78, 5) is 14.3. The molecule has 1 saturated heterocycles. The minimum atomic E-state index is -3.71. The smallest absolute Gasteiger partial charge is 0.254 e. The van der Waals surface area contributed by atoms with Crippen LogP contribution in [0.5, 0.6) is 0 Å². The lowest BCUT2D eigenvalue weighted by Gasteiger charge is -2.24. The molecule has 7 heteroatoms. The van der Waals surface area contributed by atoms with E-state index < -0.39 is 10.0 Å². The lowest BCUT2D eigenvalue weighted by Crippen LogP contribution is -2.36. The number of carbonyl (C=O) groups is 1. The lowest BCUT2D eigenvalue weighted by molar-refractivity contribution is 0.0750. The van der Waals surface area contributed by atoms with Crippen molar-refractivity contribution in [3.05, 3.63) is 29.8 Å². The van der Waals surface area contributed by atoms with E-state index in [4.69, 9.17) is 5.14 Å². The molecule has 0 bridgehead atoms. The fourth-order valence-corrected chi connectivity index (χ4v) is 3.67. The van der Waals surface area contributed by atoms with Gasteiger partial charge in [0.15, 0.2) is 0 Å². The van der Waals surface area contributed by atoms with E-state index in [0.29, 0.717) is 5.56 Å². The minimum absolute atomic E-state index is 0.0242. The molecule has 20 heavy (non-hydrogen) atoms. The maximum atomic E-state index is 12.4. The average molecular weight is 314 g/mol. The second kappa shape index (κ2) is 6.15. The van der Waals surface area contributed by atoms with Gasteiger partial charge < -0.3 is 4.90 Å². The molecule has 0 radical (unpaired) electrons. The maximum Gasteiger partial charge on any atom is 0.254 e. The summed E-state index contributed by atoms with van der Waals surface area (Å²) >= 11 is 1.73. The van der Waals surface area contributed by atoms with Crippen molar-refractivity contribution in [3.63, 3.8) is 0 Å². The van der Waals surface area contributed by atoms with Gasteiger partial charge in [-0.1, -0.05) is 0 Å². The molecule has 2 rings (SSSR count). The van der Waals surface area contributed by atoms with Gasteiger partial charge in [-0.25, -0.2) is 13.6 Å². The molecule has 0 aromatic heterocycles. The molecular weight excluding hydrogens is 296 g/mol. The Kier molecular flexibility index (Phi) is 4.72. The highest BCUT2D eigenvalue weighted by atomic mass is 32.2. The second-order valence-corrected chi connectivity index (χ2v) is 7.29. The molecule has 1 aromatic carbocycles. The van der Waals surface area contributed by atoms with Crippen LogP contribution in [0.15, 0.2) is 29.2 Å². The SMILES string of the molecule is CSC[C@H]1CCCN1C(=O)c1ccc(S(N)(=O)=O)cc1. The fourth-order valence-electron chi connectivity index (χ4n) is 2.42. The zero-order chi connectivity index (χ0) is 14.8. The van der Waals surface area contributed by atoms with Crippen molar-refractivity contribution in [3.8, 4) is 0 Å². The number of sulfonamides is 1. The standard InChI is InChI=1S/C13H18N2O3S2/c1-19-9-11-3-2-8-15(11)13(16)10-4-6-12(7-5-10)20(14,17)18/h4-7,11H,2-3,8-9H2,1H3,(H2,14,17,18)/t11-/m1/s1. The molecule has 1 atom stereocenters. The Bertz CT molecular complexity index is 584. The number of primary sulfonamides is 1. The largest absolute Gasteiger partial charge is 0.335 e. The fraction of sp³-hybridized carbons (Fsp3) is 0.462. The summed E-state index contributed by atoms with van der Waals surface area (Å²) in [5.41, 5.74) is 0.505. The highest BCUT2D eigenvalue weighted by Gasteiger charge is 2.28. The molecule has 0 unspecified atom stereocenters. The van der Waals surface area contributed by atoms with Crippen LogP contribution in [0.25, 0.3) is 0 Å². The van der Waals surface area contributed by atoms with Crippen molar-refractivity contribution in [2.45, 2.75) is 23.8 Å². The Hall–Kier alpha value is -1.05. The van der Waals surface area contributed by atoms with Crippen LogP contribution in [0.2, 0.25) is 0 Å². The third kappa shape index (κ3) is 3.34. The van der Waals surface area contributed by atoms with E-state index >= 15 is 0 Å². The molecule has 0 spiro atoms. The Labute approximate surface area is 123 Å². The predicted octanol–water partition coefficient (Wildman–Crippen LogP) is 1.30. The third-order valence-electron chi connectivity index (χ3n) is 3.43. The van der Waals surface area contributed by atoms with Crippen LogP contribution in [0.4, 0.5) is 0 Å². The summed E-state index contributed by atoms with van der Waals surface area (Å²) in [6.45, 7) is 0.765. The van der Waals surface area contributed by atoms with E-state index in [1.54, 1.807) is 11.8 Å². The van der Waals surface area contributed by atoms with Gasteiger partial charge in [-0.2, -0.15) is 11.8 Å². The van der Waals surface area contributed by atoms with Crippen LogP contribution in [0.1, 0.15) is 23.2 Å². The number of amides is 1. The van der Waals surface area contributed by atoms with Gasteiger partial charge in [-0.05, 0) is 43.4 Å². The molecule has 1 aromatic rings. The molecule has 1 amide bonds. The number of carbonyl (C=O) groups excluding carboxylic acids is 1. The molecule has 1 fully saturated rings. The van der Waals surface area contributed by atoms with Crippen LogP contribution >= 0.6 is 11.8 Å². The predicted molar refractivity (Wildman–Crippen MR) is 80.3 cm³/mol. The number of benzene rings is 1. The van der Waals surface area contributed by atoms with E-state index in [2.05, 4.69) is 0 Å². The first-order valence-electron chi connectivity index (χ1n) is 6.36. The molecular formula is C13H18N2O3S2. The van der Waals surface area contributed by atoms with Crippen molar-refractivity contribution in [1.82, 2.24) is 4.90 Å². The summed E-state index contributed by atoms with van der Waals surface area (Å²) in [5, 5.41) is 5.04. The quantitative estimate of drug-likeness (QED) is 0.908. The maximum absolute atomic E-state index is 12.4. The monoisotopic (exact) mass is 314 g/mol.